The van der Waals surface area contributed by atoms with Gasteiger partial charge in [0.25, 0.3) is 0 Å². The molecule has 162 valence electrons. The summed E-state index contributed by atoms with van der Waals surface area (Å²) in [5.41, 5.74) is 0. The van der Waals surface area contributed by atoms with Gasteiger partial charge in [-0.25, -0.2) is 4.99 Å². The number of nitrogens with one attached hydrogen (secondary N) is 3. The molecule has 0 aromatic heterocycles. The van der Waals surface area contributed by atoms with E-state index in [4.69, 9.17) is 9.47 Å². The highest BCUT2D eigenvalue weighted by Gasteiger charge is 2.21. The summed E-state index contributed by atoms with van der Waals surface area (Å²) in [5, 5.41) is 9.53. The number of hydrogen-bond donors (Lipinski definition) is 3. The van der Waals surface area contributed by atoms with Crippen LogP contribution in [0, 0.1) is 5.92 Å². The Morgan fingerprint density at radius 1 is 1.07 bits per heavy atom. The second kappa shape index (κ2) is 12.8. The average molecular weight is 516 g/mol. The Morgan fingerprint density at radius 2 is 1.79 bits per heavy atom. The molecule has 1 aromatic carbocycles. The predicted octanol–water partition coefficient (Wildman–Crippen LogP) is 2.70. The molecule has 0 spiro atoms. The van der Waals surface area contributed by atoms with Gasteiger partial charge in [-0.2, -0.15) is 0 Å². The molecule has 29 heavy (non-hydrogen) atoms. The third kappa shape index (κ3) is 7.56. The molecule has 3 N–H and O–H groups in total. The zero-order valence-electron chi connectivity index (χ0n) is 17.1. The molecule has 1 saturated carbocycles. The summed E-state index contributed by atoms with van der Waals surface area (Å²) in [6.07, 6.45) is 5.54. The van der Waals surface area contributed by atoms with Crippen molar-refractivity contribution in [2.75, 3.05) is 32.8 Å². The molecular weight excluding hydrogens is 483 g/mol. The molecule has 1 amide bonds. The summed E-state index contributed by atoms with van der Waals surface area (Å²) < 4.78 is 11.7. The molecule has 0 radical (unpaired) electrons. The Hall–Kier alpha value is -1.71. The number of amides is 1. The van der Waals surface area contributed by atoms with Crippen molar-refractivity contribution < 1.29 is 14.3 Å². The standard InChI is InChI=1S/C21H32N4O3.HI/c1-2-22-21(24-13-12-23-20(26)16-8-4-3-5-9-16)25-14-17-15-27-18-10-6-7-11-19(18)28-17;/h6-7,10-11,16-17H,2-5,8-9,12-15H2,1H3,(H,23,26)(H2,22,24,25);1H. The number of aliphatic imine (C=N–C) groups is 1. The Kier molecular flexibility index (Phi) is 10.4. The average Bonchev–Trinajstić information content (AvgIpc) is 2.75. The van der Waals surface area contributed by atoms with Crippen LogP contribution in [0.1, 0.15) is 39.0 Å². The molecule has 1 fully saturated rings. The molecule has 2 aliphatic rings. The Bertz CT molecular complexity index is 665. The van der Waals surface area contributed by atoms with Crippen LogP contribution in [0.25, 0.3) is 0 Å². The maximum absolute atomic E-state index is 12.2. The van der Waals surface area contributed by atoms with Crippen molar-refractivity contribution >= 4 is 35.8 Å². The van der Waals surface area contributed by atoms with Gasteiger partial charge < -0.3 is 25.4 Å². The molecule has 1 aromatic rings. The highest BCUT2D eigenvalue weighted by molar-refractivity contribution is 14.0. The topological polar surface area (TPSA) is 84.0 Å². The number of hydrogen-bond acceptors (Lipinski definition) is 4. The van der Waals surface area contributed by atoms with Crippen molar-refractivity contribution in [3.63, 3.8) is 0 Å². The second-order valence-electron chi connectivity index (χ2n) is 7.27. The number of guanidine groups is 1. The first-order valence-electron chi connectivity index (χ1n) is 10.4. The lowest BCUT2D eigenvalue weighted by molar-refractivity contribution is -0.125. The van der Waals surface area contributed by atoms with E-state index in [0.29, 0.717) is 26.2 Å². The third-order valence-corrected chi connectivity index (χ3v) is 5.06. The lowest BCUT2D eigenvalue weighted by Gasteiger charge is -2.25. The largest absolute Gasteiger partial charge is 0.486 e. The molecule has 0 bridgehead atoms. The molecule has 1 aliphatic heterocycles. The number of para-hydroxylation sites is 2. The second-order valence-corrected chi connectivity index (χ2v) is 7.27. The summed E-state index contributed by atoms with van der Waals surface area (Å²) in [5.74, 6) is 2.65. The number of benzene rings is 1. The highest BCUT2D eigenvalue weighted by atomic mass is 127. The third-order valence-electron chi connectivity index (χ3n) is 5.06. The fourth-order valence-electron chi connectivity index (χ4n) is 3.56. The number of ether oxygens (including phenoxy) is 2. The van der Waals surface area contributed by atoms with E-state index < -0.39 is 0 Å². The quantitative estimate of drug-likeness (QED) is 0.225. The SMILES string of the molecule is CCNC(=NCC1COc2ccccc2O1)NCCNC(=O)C1CCCCC1.I. The Morgan fingerprint density at radius 3 is 2.55 bits per heavy atom. The van der Waals surface area contributed by atoms with E-state index in [-0.39, 0.29) is 41.9 Å². The summed E-state index contributed by atoms with van der Waals surface area (Å²) in [6, 6.07) is 7.67. The van der Waals surface area contributed by atoms with Crippen LogP contribution in [0.4, 0.5) is 0 Å². The molecule has 3 rings (SSSR count). The first kappa shape index (κ1) is 23.6. The Balaban J connectivity index is 0.00000300. The highest BCUT2D eigenvalue weighted by Crippen LogP contribution is 2.30. The summed E-state index contributed by atoms with van der Waals surface area (Å²) in [6.45, 7) is 5.00. The normalized spacial score (nSPS) is 19.1. The molecule has 1 heterocycles. The van der Waals surface area contributed by atoms with Gasteiger partial charge in [-0.15, -0.1) is 24.0 Å². The van der Waals surface area contributed by atoms with Crippen LogP contribution in [0.15, 0.2) is 29.3 Å². The maximum Gasteiger partial charge on any atom is 0.223 e. The minimum Gasteiger partial charge on any atom is -0.486 e. The lowest BCUT2D eigenvalue weighted by atomic mass is 9.89. The smallest absolute Gasteiger partial charge is 0.223 e. The zero-order chi connectivity index (χ0) is 19.6. The molecule has 0 saturated heterocycles. The van der Waals surface area contributed by atoms with Crippen molar-refractivity contribution in [1.29, 1.82) is 0 Å². The maximum atomic E-state index is 12.2. The molecule has 1 aliphatic carbocycles. The van der Waals surface area contributed by atoms with Crippen molar-refractivity contribution in [3.05, 3.63) is 24.3 Å². The Labute approximate surface area is 190 Å². The van der Waals surface area contributed by atoms with Crippen LogP contribution in [0.5, 0.6) is 11.5 Å². The van der Waals surface area contributed by atoms with Gasteiger partial charge in [0.15, 0.2) is 23.6 Å². The molecule has 8 heteroatoms. The first-order chi connectivity index (χ1) is 13.8. The summed E-state index contributed by atoms with van der Waals surface area (Å²) in [4.78, 5) is 16.8. The molecular formula is C21H33IN4O3. The first-order valence-corrected chi connectivity index (χ1v) is 10.4. The van der Waals surface area contributed by atoms with Crippen LogP contribution in [0.2, 0.25) is 0 Å². The van der Waals surface area contributed by atoms with E-state index in [2.05, 4.69) is 20.9 Å². The number of carbonyl (C=O) groups is 1. The summed E-state index contributed by atoms with van der Waals surface area (Å²) >= 11 is 0. The molecule has 1 unspecified atom stereocenters. The van der Waals surface area contributed by atoms with E-state index in [0.717, 1.165) is 36.8 Å². The number of rotatable bonds is 7. The van der Waals surface area contributed by atoms with Gasteiger partial charge in [0.1, 0.15) is 6.61 Å². The minimum atomic E-state index is -0.114. The van der Waals surface area contributed by atoms with E-state index in [1.54, 1.807) is 0 Å². The van der Waals surface area contributed by atoms with Crippen LogP contribution >= 0.6 is 24.0 Å². The van der Waals surface area contributed by atoms with Gasteiger partial charge in [0.2, 0.25) is 5.91 Å². The minimum absolute atomic E-state index is 0. The van der Waals surface area contributed by atoms with Crippen LogP contribution in [-0.2, 0) is 4.79 Å². The van der Waals surface area contributed by atoms with Gasteiger partial charge in [-0.05, 0) is 31.9 Å². The molecule has 1 atom stereocenters. The van der Waals surface area contributed by atoms with Gasteiger partial charge in [-0.1, -0.05) is 31.4 Å². The number of fused-ring (bicyclic) bond motifs is 1. The van der Waals surface area contributed by atoms with Crippen LogP contribution in [0.3, 0.4) is 0 Å². The van der Waals surface area contributed by atoms with Crippen molar-refractivity contribution in [3.8, 4) is 11.5 Å². The van der Waals surface area contributed by atoms with Gasteiger partial charge in [-0.3, -0.25) is 4.79 Å². The van der Waals surface area contributed by atoms with Crippen LogP contribution < -0.4 is 25.4 Å². The fraction of sp³-hybridized carbons (Fsp3) is 0.619. The predicted molar refractivity (Wildman–Crippen MR) is 125 cm³/mol. The van der Waals surface area contributed by atoms with Gasteiger partial charge in [0, 0.05) is 25.6 Å². The monoisotopic (exact) mass is 516 g/mol. The fourth-order valence-corrected chi connectivity index (χ4v) is 3.56. The number of nitrogens with zero attached hydrogens (tertiary/aromatic N) is 1. The summed E-state index contributed by atoms with van der Waals surface area (Å²) in [7, 11) is 0. The van der Waals surface area contributed by atoms with E-state index in [9.17, 15) is 4.79 Å². The van der Waals surface area contributed by atoms with E-state index >= 15 is 0 Å². The van der Waals surface area contributed by atoms with Gasteiger partial charge in [0.05, 0.1) is 6.54 Å². The van der Waals surface area contributed by atoms with Crippen molar-refractivity contribution in [2.24, 2.45) is 10.9 Å². The molecule has 7 nitrogen and oxygen atoms in total. The van der Waals surface area contributed by atoms with Crippen molar-refractivity contribution in [1.82, 2.24) is 16.0 Å². The van der Waals surface area contributed by atoms with Gasteiger partial charge >= 0.3 is 0 Å². The lowest BCUT2D eigenvalue weighted by Crippen LogP contribution is -2.43. The van der Waals surface area contributed by atoms with Crippen molar-refractivity contribution in [2.45, 2.75) is 45.1 Å². The zero-order valence-corrected chi connectivity index (χ0v) is 19.4. The number of carbonyl (C=O) groups excluding carboxylic acids is 1. The van der Waals surface area contributed by atoms with E-state index in [1.165, 1.54) is 19.3 Å². The van der Waals surface area contributed by atoms with Crippen LogP contribution in [-0.4, -0.2) is 50.8 Å². The number of halogens is 1. The van der Waals surface area contributed by atoms with E-state index in [1.807, 2.05) is 31.2 Å².